The first-order chi connectivity index (χ1) is 10.1. The molecule has 1 aliphatic carbocycles. The van der Waals surface area contributed by atoms with Crippen molar-refractivity contribution in [2.45, 2.75) is 45.1 Å². The SMILES string of the molecule is COC(=O)[C@H]1CCCCC[C@@H]1NC(=O)c1cccnc1C. The van der Waals surface area contributed by atoms with Crippen LogP contribution in [0, 0.1) is 12.8 Å². The first kappa shape index (κ1) is 15.5. The first-order valence-electron chi connectivity index (χ1n) is 7.43. The number of aryl methyl sites for hydroxylation is 1. The highest BCUT2D eigenvalue weighted by molar-refractivity contribution is 5.95. The largest absolute Gasteiger partial charge is 0.469 e. The summed E-state index contributed by atoms with van der Waals surface area (Å²) < 4.78 is 4.88. The van der Waals surface area contributed by atoms with Crippen LogP contribution in [-0.4, -0.2) is 30.0 Å². The molecule has 0 spiro atoms. The quantitative estimate of drug-likeness (QED) is 0.685. The zero-order valence-corrected chi connectivity index (χ0v) is 12.6. The summed E-state index contributed by atoms with van der Waals surface area (Å²) in [5.41, 5.74) is 1.25. The lowest BCUT2D eigenvalue weighted by atomic mass is 9.94. The second-order valence-electron chi connectivity index (χ2n) is 5.48. The molecular weight excluding hydrogens is 268 g/mol. The average Bonchev–Trinajstić information content (AvgIpc) is 2.72. The minimum absolute atomic E-state index is 0.160. The number of aromatic nitrogens is 1. The van der Waals surface area contributed by atoms with Crippen molar-refractivity contribution < 1.29 is 14.3 Å². The fraction of sp³-hybridized carbons (Fsp3) is 0.562. The topological polar surface area (TPSA) is 68.3 Å². The van der Waals surface area contributed by atoms with Crippen molar-refractivity contribution in [2.75, 3.05) is 7.11 Å². The van der Waals surface area contributed by atoms with Crippen LogP contribution in [0.1, 0.15) is 48.2 Å². The van der Waals surface area contributed by atoms with Crippen molar-refractivity contribution in [3.05, 3.63) is 29.6 Å². The third-order valence-corrected chi connectivity index (χ3v) is 4.09. The normalized spacial score (nSPS) is 22.2. The van der Waals surface area contributed by atoms with Gasteiger partial charge in [-0.3, -0.25) is 14.6 Å². The molecule has 0 bridgehead atoms. The second-order valence-corrected chi connectivity index (χ2v) is 5.48. The Hall–Kier alpha value is -1.91. The lowest BCUT2D eigenvalue weighted by molar-refractivity contribution is -0.146. The van der Waals surface area contributed by atoms with E-state index in [1.54, 1.807) is 25.3 Å². The molecule has 1 aromatic heterocycles. The van der Waals surface area contributed by atoms with Gasteiger partial charge in [-0.1, -0.05) is 19.3 Å². The van der Waals surface area contributed by atoms with Crippen LogP contribution in [0.2, 0.25) is 0 Å². The summed E-state index contributed by atoms with van der Waals surface area (Å²) in [6.07, 6.45) is 6.35. The van der Waals surface area contributed by atoms with E-state index < -0.39 is 0 Å². The molecule has 1 aromatic rings. The number of nitrogens with zero attached hydrogens (tertiary/aromatic N) is 1. The Kier molecular flexibility index (Phi) is 5.31. The van der Waals surface area contributed by atoms with Gasteiger partial charge in [-0.25, -0.2) is 0 Å². The van der Waals surface area contributed by atoms with Gasteiger partial charge in [0.25, 0.3) is 5.91 Å². The number of hydrogen-bond acceptors (Lipinski definition) is 4. The zero-order chi connectivity index (χ0) is 15.2. The molecule has 0 aromatic carbocycles. The van der Waals surface area contributed by atoms with Crippen LogP contribution >= 0.6 is 0 Å². The lowest BCUT2D eigenvalue weighted by Gasteiger charge is -2.24. The molecule has 1 heterocycles. The molecule has 5 heteroatoms. The second kappa shape index (κ2) is 7.20. The third kappa shape index (κ3) is 3.80. The highest BCUT2D eigenvalue weighted by Crippen LogP contribution is 2.25. The minimum atomic E-state index is -0.251. The van der Waals surface area contributed by atoms with E-state index in [2.05, 4.69) is 10.3 Å². The smallest absolute Gasteiger partial charge is 0.310 e. The maximum atomic E-state index is 12.4. The van der Waals surface area contributed by atoms with Crippen LogP contribution in [0.5, 0.6) is 0 Å². The van der Waals surface area contributed by atoms with Crippen LogP contribution in [0.25, 0.3) is 0 Å². The van der Waals surface area contributed by atoms with Gasteiger partial charge in [-0.15, -0.1) is 0 Å². The van der Waals surface area contributed by atoms with Crippen molar-refractivity contribution in [3.8, 4) is 0 Å². The van der Waals surface area contributed by atoms with Gasteiger partial charge in [0, 0.05) is 17.9 Å². The van der Waals surface area contributed by atoms with E-state index in [0.29, 0.717) is 11.3 Å². The number of ether oxygens (including phenoxy) is 1. The van der Waals surface area contributed by atoms with Crippen molar-refractivity contribution in [2.24, 2.45) is 5.92 Å². The number of pyridine rings is 1. The summed E-state index contributed by atoms with van der Waals surface area (Å²) in [6, 6.07) is 3.33. The van der Waals surface area contributed by atoms with E-state index in [9.17, 15) is 9.59 Å². The number of methoxy groups -OCH3 is 1. The van der Waals surface area contributed by atoms with E-state index in [1.165, 1.54) is 7.11 Å². The van der Waals surface area contributed by atoms with Gasteiger partial charge in [-0.05, 0) is 31.9 Å². The molecule has 0 radical (unpaired) electrons. The molecule has 0 unspecified atom stereocenters. The Morgan fingerprint density at radius 2 is 2.05 bits per heavy atom. The summed E-state index contributed by atoms with van der Waals surface area (Å²) in [7, 11) is 1.40. The number of rotatable bonds is 3. The Balaban J connectivity index is 2.12. The maximum absolute atomic E-state index is 12.4. The fourth-order valence-corrected chi connectivity index (χ4v) is 2.88. The average molecular weight is 290 g/mol. The van der Waals surface area contributed by atoms with Gasteiger partial charge >= 0.3 is 5.97 Å². The molecule has 1 aliphatic rings. The van der Waals surface area contributed by atoms with Crippen molar-refractivity contribution in [1.29, 1.82) is 0 Å². The van der Waals surface area contributed by atoms with E-state index in [4.69, 9.17) is 4.74 Å². The molecular formula is C16H22N2O3. The van der Waals surface area contributed by atoms with E-state index in [0.717, 1.165) is 32.1 Å². The van der Waals surface area contributed by atoms with Gasteiger partial charge < -0.3 is 10.1 Å². The summed E-state index contributed by atoms with van der Waals surface area (Å²) in [6.45, 7) is 1.81. The fourth-order valence-electron chi connectivity index (χ4n) is 2.88. The Morgan fingerprint density at radius 3 is 2.76 bits per heavy atom. The monoisotopic (exact) mass is 290 g/mol. The van der Waals surface area contributed by atoms with Crippen LogP contribution in [0.3, 0.4) is 0 Å². The molecule has 1 fully saturated rings. The Morgan fingerprint density at radius 1 is 1.29 bits per heavy atom. The summed E-state index contributed by atoms with van der Waals surface area (Å²) >= 11 is 0. The predicted octanol–water partition coefficient (Wildman–Crippen LogP) is 2.24. The summed E-state index contributed by atoms with van der Waals surface area (Å²) in [4.78, 5) is 28.5. The van der Waals surface area contributed by atoms with Gasteiger partial charge in [0.1, 0.15) is 0 Å². The van der Waals surface area contributed by atoms with Crippen LogP contribution in [0.4, 0.5) is 0 Å². The molecule has 114 valence electrons. The maximum Gasteiger partial charge on any atom is 0.310 e. The van der Waals surface area contributed by atoms with E-state index in [1.807, 2.05) is 0 Å². The van der Waals surface area contributed by atoms with Crippen molar-refractivity contribution in [3.63, 3.8) is 0 Å². The van der Waals surface area contributed by atoms with E-state index >= 15 is 0 Å². The van der Waals surface area contributed by atoms with Crippen molar-refractivity contribution >= 4 is 11.9 Å². The molecule has 1 N–H and O–H groups in total. The Labute approximate surface area is 125 Å². The third-order valence-electron chi connectivity index (χ3n) is 4.09. The highest BCUT2D eigenvalue weighted by atomic mass is 16.5. The molecule has 0 aliphatic heterocycles. The van der Waals surface area contributed by atoms with Crippen LogP contribution in [0.15, 0.2) is 18.3 Å². The van der Waals surface area contributed by atoms with Crippen LogP contribution in [-0.2, 0) is 9.53 Å². The van der Waals surface area contributed by atoms with Crippen molar-refractivity contribution in [1.82, 2.24) is 10.3 Å². The number of carbonyl (C=O) groups is 2. The molecule has 5 nitrogen and oxygen atoms in total. The van der Waals surface area contributed by atoms with Gasteiger partial charge in [0.05, 0.1) is 18.6 Å². The van der Waals surface area contributed by atoms with Gasteiger partial charge in [0.15, 0.2) is 0 Å². The summed E-state index contributed by atoms with van der Waals surface area (Å²) in [5.74, 6) is -0.648. The molecule has 0 saturated heterocycles. The standard InChI is InChI=1S/C16H22N2O3/c1-11-12(8-6-10-17-11)15(19)18-14-9-5-3-4-7-13(14)16(20)21-2/h6,8,10,13-14H,3-5,7,9H2,1-2H3,(H,18,19)/t13-,14-/m0/s1. The lowest BCUT2D eigenvalue weighted by Crippen LogP contribution is -2.43. The van der Waals surface area contributed by atoms with E-state index in [-0.39, 0.29) is 23.8 Å². The number of nitrogens with one attached hydrogen (secondary N) is 1. The number of esters is 1. The first-order valence-corrected chi connectivity index (χ1v) is 7.43. The molecule has 2 rings (SSSR count). The van der Waals surface area contributed by atoms with Gasteiger partial charge in [-0.2, -0.15) is 0 Å². The summed E-state index contributed by atoms with van der Waals surface area (Å²) in [5, 5.41) is 3.00. The highest BCUT2D eigenvalue weighted by Gasteiger charge is 2.31. The zero-order valence-electron chi connectivity index (χ0n) is 12.6. The minimum Gasteiger partial charge on any atom is -0.469 e. The number of hydrogen-bond donors (Lipinski definition) is 1. The number of amides is 1. The molecule has 1 saturated carbocycles. The van der Waals surface area contributed by atoms with Gasteiger partial charge in [0.2, 0.25) is 0 Å². The predicted molar refractivity (Wildman–Crippen MR) is 78.8 cm³/mol. The Bertz CT molecular complexity index is 516. The van der Waals surface area contributed by atoms with Crippen LogP contribution < -0.4 is 5.32 Å². The number of carbonyl (C=O) groups excluding carboxylic acids is 2. The molecule has 21 heavy (non-hydrogen) atoms. The molecule has 1 amide bonds. The molecule has 2 atom stereocenters.